The van der Waals surface area contributed by atoms with Crippen molar-refractivity contribution >= 4 is 5.97 Å². The summed E-state index contributed by atoms with van der Waals surface area (Å²) in [6, 6.07) is 8.74. The molecule has 0 amide bonds. The molecule has 1 aromatic carbocycles. The lowest BCUT2D eigenvalue weighted by molar-refractivity contribution is -0.139. The first-order chi connectivity index (χ1) is 9.08. The highest BCUT2D eigenvalue weighted by atomic mass is 16.5. The first-order valence-electron chi connectivity index (χ1n) is 6.92. The van der Waals surface area contributed by atoms with E-state index in [-0.39, 0.29) is 5.97 Å². The number of carbonyl (C=O) groups excluding carboxylic acids is 1. The number of hydrogen-bond acceptors (Lipinski definition) is 2. The smallest absolute Gasteiger partial charge is 0.302 e. The molecule has 0 radical (unpaired) electrons. The first kappa shape index (κ1) is 15.5. The van der Waals surface area contributed by atoms with Gasteiger partial charge in [0, 0.05) is 6.92 Å². The van der Waals surface area contributed by atoms with Crippen LogP contribution in [-0.4, -0.2) is 12.6 Å². The molecule has 0 N–H and O–H groups in total. The lowest BCUT2D eigenvalue weighted by Crippen LogP contribution is -2.01. The van der Waals surface area contributed by atoms with Crippen LogP contribution < -0.4 is 0 Å². The molecule has 0 heterocycles. The summed E-state index contributed by atoms with van der Waals surface area (Å²) in [5.41, 5.74) is 3.85. The molecule has 0 fully saturated rings. The van der Waals surface area contributed by atoms with Crippen molar-refractivity contribution < 1.29 is 9.53 Å². The molecule has 2 nitrogen and oxygen atoms in total. The van der Waals surface area contributed by atoms with E-state index < -0.39 is 0 Å². The van der Waals surface area contributed by atoms with E-state index in [9.17, 15) is 4.79 Å². The fourth-order valence-electron chi connectivity index (χ4n) is 1.85. The summed E-state index contributed by atoms with van der Waals surface area (Å²) in [5, 5.41) is 0. The van der Waals surface area contributed by atoms with E-state index in [0.29, 0.717) is 6.61 Å². The van der Waals surface area contributed by atoms with Crippen LogP contribution in [0.4, 0.5) is 0 Å². The summed E-state index contributed by atoms with van der Waals surface area (Å²) in [6.07, 6.45) is 6.72. The van der Waals surface area contributed by atoms with Crippen LogP contribution >= 0.6 is 0 Å². The largest absolute Gasteiger partial charge is 0.461 e. The molecular weight excluding hydrogens is 236 g/mol. The lowest BCUT2D eigenvalue weighted by atomic mass is 10.1. The molecule has 0 bridgehead atoms. The topological polar surface area (TPSA) is 26.3 Å². The third-order valence-electron chi connectivity index (χ3n) is 3.04. The van der Waals surface area contributed by atoms with Gasteiger partial charge in [0.05, 0.1) is 0 Å². The van der Waals surface area contributed by atoms with Gasteiger partial charge in [-0.1, -0.05) is 35.9 Å². The number of ether oxygens (including phenoxy) is 1. The molecule has 0 aromatic heterocycles. The van der Waals surface area contributed by atoms with Crippen LogP contribution in [-0.2, 0) is 16.0 Å². The maximum absolute atomic E-state index is 10.7. The van der Waals surface area contributed by atoms with Gasteiger partial charge in [-0.25, -0.2) is 0 Å². The Labute approximate surface area is 116 Å². The van der Waals surface area contributed by atoms with E-state index in [1.54, 1.807) is 0 Å². The SMILES string of the molecule is CC(=O)OC/C(C)=C\CCCCc1ccc(C)cc1. The van der Waals surface area contributed by atoms with Gasteiger partial charge in [-0.15, -0.1) is 0 Å². The second kappa shape index (κ2) is 8.52. The van der Waals surface area contributed by atoms with Crippen molar-refractivity contribution in [1.29, 1.82) is 0 Å². The van der Waals surface area contributed by atoms with Gasteiger partial charge in [-0.05, 0) is 50.7 Å². The highest BCUT2D eigenvalue weighted by Gasteiger charge is 1.95. The second-order valence-electron chi connectivity index (χ2n) is 5.06. The van der Waals surface area contributed by atoms with Crippen LogP contribution in [0.2, 0.25) is 0 Å². The van der Waals surface area contributed by atoms with E-state index in [1.807, 2.05) is 6.92 Å². The summed E-state index contributed by atoms with van der Waals surface area (Å²) in [5.74, 6) is -0.216. The van der Waals surface area contributed by atoms with Gasteiger partial charge in [0.1, 0.15) is 6.61 Å². The Kier molecular flexibility index (Phi) is 6.94. The van der Waals surface area contributed by atoms with E-state index in [4.69, 9.17) is 4.74 Å². The first-order valence-corrected chi connectivity index (χ1v) is 6.92. The second-order valence-corrected chi connectivity index (χ2v) is 5.06. The Bertz CT molecular complexity index is 415. The molecule has 0 saturated heterocycles. The molecule has 0 atom stereocenters. The minimum atomic E-state index is -0.216. The third kappa shape index (κ3) is 7.45. The number of esters is 1. The number of carbonyl (C=O) groups is 1. The Morgan fingerprint density at radius 3 is 2.47 bits per heavy atom. The van der Waals surface area contributed by atoms with E-state index in [0.717, 1.165) is 18.4 Å². The fourth-order valence-corrected chi connectivity index (χ4v) is 1.85. The van der Waals surface area contributed by atoms with Crippen molar-refractivity contribution in [1.82, 2.24) is 0 Å². The highest BCUT2D eigenvalue weighted by Crippen LogP contribution is 2.09. The Morgan fingerprint density at radius 1 is 1.16 bits per heavy atom. The van der Waals surface area contributed by atoms with Crippen LogP contribution in [0.5, 0.6) is 0 Å². The predicted octanol–water partition coefficient (Wildman–Crippen LogP) is 4.22. The number of unbranched alkanes of at least 4 members (excludes halogenated alkanes) is 2. The summed E-state index contributed by atoms with van der Waals surface area (Å²) < 4.78 is 4.93. The molecule has 0 aliphatic rings. The van der Waals surface area contributed by atoms with Crippen molar-refractivity contribution in [2.24, 2.45) is 0 Å². The van der Waals surface area contributed by atoms with Crippen molar-refractivity contribution in [3.05, 3.63) is 47.0 Å². The maximum Gasteiger partial charge on any atom is 0.302 e. The molecule has 0 aliphatic heterocycles. The van der Waals surface area contributed by atoms with Gasteiger partial charge in [0.2, 0.25) is 0 Å². The van der Waals surface area contributed by atoms with Crippen LogP contribution in [0.1, 0.15) is 44.2 Å². The van der Waals surface area contributed by atoms with Gasteiger partial charge in [-0.3, -0.25) is 4.79 Å². The number of benzene rings is 1. The molecular formula is C17H24O2. The number of rotatable bonds is 7. The minimum Gasteiger partial charge on any atom is -0.461 e. The number of aryl methyl sites for hydroxylation is 2. The van der Waals surface area contributed by atoms with E-state index in [1.165, 1.54) is 30.9 Å². The van der Waals surface area contributed by atoms with Gasteiger partial charge in [-0.2, -0.15) is 0 Å². The van der Waals surface area contributed by atoms with Crippen molar-refractivity contribution in [3.63, 3.8) is 0 Å². The molecule has 1 aromatic rings. The quantitative estimate of drug-likeness (QED) is 0.417. The maximum atomic E-state index is 10.7. The molecule has 19 heavy (non-hydrogen) atoms. The Morgan fingerprint density at radius 2 is 1.84 bits per heavy atom. The van der Waals surface area contributed by atoms with Crippen molar-refractivity contribution in [3.8, 4) is 0 Å². The fraction of sp³-hybridized carbons (Fsp3) is 0.471. The van der Waals surface area contributed by atoms with Crippen molar-refractivity contribution in [2.45, 2.75) is 46.5 Å². The molecule has 0 unspecified atom stereocenters. The summed E-state index contributed by atoms with van der Waals surface area (Å²) in [7, 11) is 0. The Balaban J connectivity index is 2.15. The summed E-state index contributed by atoms with van der Waals surface area (Å²) in [4.78, 5) is 10.7. The van der Waals surface area contributed by atoms with E-state index >= 15 is 0 Å². The molecule has 1 rings (SSSR count). The molecule has 0 saturated carbocycles. The normalized spacial score (nSPS) is 11.4. The molecule has 104 valence electrons. The molecule has 2 heteroatoms. The Hall–Kier alpha value is -1.57. The molecule has 0 spiro atoms. The van der Waals surface area contributed by atoms with Crippen LogP contribution in [0.3, 0.4) is 0 Å². The van der Waals surface area contributed by atoms with Crippen molar-refractivity contribution in [2.75, 3.05) is 6.61 Å². The van der Waals surface area contributed by atoms with Crippen LogP contribution in [0, 0.1) is 6.92 Å². The summed E-state index contributed by atoms with van der Waals surface area (Å²) in [6.45, 7) is 5.98. The van der Waals surface area contributed by atoms with Gasteiger partial charge < -0.3 is 4.74 Å². The number of allylic oxidation sites excluding steroid dienone is 1. The monoisotopic (exact) mass is 260 g/mol. The predicted molar refractivity (Wildman–Crippen MR) is 79.1 cm³/mol. The highest BCUT2D eigenvalue weighted by molar-refractivity contribution is 5.66. The van der Waals surface area contributed by atoms with Gasteiger partial charge >= 0.3 is 5.97 Å². The average Bonchev–Trinajstić information content (AvgIpc) is 2.38. The van der Waals surface area contributed by atoms with E-state index in [2.05, 4.69) is 37.3 Å². The average molecular weight is 260 g/mol. The molecule has 0 aliphatic carbocycles. The van der Waals surface area contributed by atoms with Crippen LogP contribution in [0.15, 0.2) is 35.9 Å². The third-order valence-corrected chi connectivity index (χ3v) is 3.04. The van der Waals surface area contributed by atoms with Gasteiger partial charge in [0.25, 0.3) is 0 Å². The minimum absolute atomic E-state index is 0.216. The number of hydrogen-bond donors (Lipinski definition) is 0. The standard InChI is InChI=1S/C17H24O2/c1-14-9-11-17(12-10-14)8-6-4-5-7-15(2)13-19-16(3)18/h7,9-12H,4-6,8,13H2,1-3H3/b15-7-. The summed E-state index contributed by atoms with van der Waals surface area (Å²) >= 11 is 0. The van der Waals surface area contributed by atoms with Gasteiger partial charge in [0.15, 0.2) is 0 Å². The van der Waals surface area contributed by atoms with Crippen LogP contribution in [0.25, 0.3) is 0 Å². The zero-order valence-corrected chi connectivity index (χ0v) is 12.2. The lowest BCUT2D eigenvalue weighted by Gasteiger charge is -2.03. The zero-order valence-electron chi connectivity index (χ0n) is 12.2. The zero-order chi connectivity index (χ0) is 14.1.